The van der Waals surface area contributed by atoms with Crippen LogP contribution in [0.3, 0.4) is 0 Å². The highest BCUT2D eigenvalue weighted by atomic mass is 16.5. The first kappa shape index (κ1) is 23.0. The standard InChI is InChI=1S/C24H29NO5/c1-5-17(3)19-9-11-20(12-10-19)25-23(26)16-30-24(27)14-8-18-7-13-21(29-6-2)22(15-18)28-4/h7-15,17H,5-6,16H2,1-4H3,(H,25,26)/b14-8+/t17-/m1/s1. The number of methoxy groups -OCH3 is 1. The van der Waals surface area contributed by atoms with Crippen molar-refractivity contribution in [3.05, 3.63) is 59.7 Å². The number of carbonyl (C=O) groups is 2. The van der Waals surface area contributed by atoms with E-state index in [4.69, 9.17) is 14.2 Å². The van der Waals surface area contributed by atoms with Crippen molar-refractivity contribution in [2.45, 2.75) is 33.1 Å². The van der Waals surface area contributed by atoms with Gasteiger partial charge in [0, 0.05) is 11.8 Å². The Morgan fingerprint density at radius 3 is 2.43 bits per heavy atom. The molecule has 0 fully saturated rings. The van der Waals surface area contributed by atoms with E-state index >= 15 is 0 Å². The second-order valence-electron chi connectivity index (χ2n) is 6.76. The van der Waals surface area contributed by atoms with Crippen LogP contribution in [0.1, 0.15) is 44.2 Å². The summed E-state index contributed by atoms with van der Waals surface area (Å²) in [6.07, 6.45) is 3.91. The molecule has 1 amide bonds. The molecule has 0 radical (unpaired) electrons. The highest BCUT2D eigenvalue weighted by Crippen LogP contribution is 2.28. The molecule has 1 atom stereocenters. The number of rotatable bonds is 10. The number of amides is 1. The van der Waals surface area contributed by atoms with E-state index in [0.29, 0.717) is 29.7 Å². The van der Waals surface area contributed by atoms with Gasteiger partial charge in [-0.3, -0.25) is 4.79 Å². The normalized spacial score (nSPS) is 11.7. The predicted octanol–water partition coefficient (Wildman–Crippen LogP) is 4.80. The number of benzene rings is 2. The maximum Gasteiger partial charge on any atom is 0.331 e. The zero-order valence-electron chi connectivity index (χ0n) is 17.9. The van der Waals surface area contributed by atoms with Crippen molar-refractivity contribution in [1.29, 1.82) is 0 Å². The molecular formula is C24H29NO5. The number of hydrogen-bond donors (Lipinski definition) is 1. The van der Waals surface area contributed by atoms with E-state index in [-0.39, 0.29) is 6.61 Å². The summed E-state index contributed by atoms with van der Waals surface area (Å²) < 4.78 is 15.7. The number of anilines is 1. The predicted molar refractivity (Wildman–Crippen MR) is 118 cm³/mol. The molecule has 160 valence electrons. The highest BCUT2D eigenvalue weighted by Gasteiger charge is 2.08. The maximum atomic E-state index is 12.0. The zero-order chi connectivity index (χ0) is 21.9. The van der Waals surface area contributed by atoms with E-state index < -0.39 is 11.9 Å². The number of esters is 1. The van der Waals surface area contributed by atoms with Crippen molar-refractivity contribution in [3.63, 3.8) is 0 Å². The third-order valence-electron chi connectivity index (χ3n) is 4.62. The third kappa shape index (κ3) is 6.95. The lowest BCUT2D eigenvalue weighted by Gasteiger charge is -2.10. The molecule has 0 unspecified atom stereocenters. The van der Waals surface area contributed by atoms with Crippen LogP contribution in [0.15, 0.2) is 48.5 Å². The molecule has 6 nitrogen and oxygen atoms in total. The van der Waals surface area contributed by atoms with Gasteiger partial charge in [-0.15, -0.1) is 0 Å². The molecule has 0 aliphatic carbocycles. The Kier molecular flexibility index (Phi) is 8.94. The summed E-state index contributed by atoms with van der Waals surface area (Å²) in [5, 5.41) is 2.72. The third-order valence-corrected chi connectivity index (χ3v) is 4.62. The number of ether oxygens (including phenoxy) is 3. The van der Waals surface area contributed by atoms with Crippen LogP contribution >= 0.6 is 0 Å². The summed E-state index contributed by atoms with van der Waals surface area (Å²) in [4.78, 5) is 23.9. The van der Waals surface area contributed by atoms with E-state index in [1.807, 2.05) is 31.2 Å². The average molecular weight is 411 g/mol. The Morgan fingerprint density at radius 1 is 1.07 bits per heavy atom. The fourth-order valence-electron chi connectivity index (χ4n) is 2.74. The van der Waals surface area contributed by atoms with Crippen LogP contribution in [0.25, 0.3) is 6.08 Å². The van der Waals surface area contributed by atoms with Gasteiger partial charge in [-0.1, -0.05) is 32.0 Å². The summed E-state index contributed by atoms with van der Waals surface area (Å²) in [5.74, 6) is 0.679. The lowest BCUT2D eigenvalue weighted by molar-refractivity contribution is -0.142. The molecule has 0 aromatic heterocycles. The van der Waals surface area contributed by atoms with Crippen molar-refractivity contribution in [2.24, 2.45) is 0 Å². The van der Waals surface area contributed by atoms with Crippen molar-refractivity contribution in [2.75, 3.05) is 25.6 Å². The quantitative estimate of drug-likeness (QED) is 0.449. The molecule has 0 aliphatic rings. The van der Waals surface area contributed by atoms with Crippen LogP contribution in [0.5, 0.6) is 11.5 Å². The molecular weight excluding hydrogens is 382 g/mol. The zero-order valence-corrected chi connectivity index (χ0v) is 17.9. The minimum atomic E-state index is -0.606. The number of nitrogens with one attached hydrogen (secondary N) is 1. The van der Waals surface area contributed by atoms with E-state index in [1.165, 1.54) is 11.6 Å². The first-order valence-electron chi connectivity index (χ1n) is 10.0. The first-order valence-corrected chi connectivity index (χ1v) is 10.0. The van der Waals surface area contributed by atoms with Gasteiger partial charge in [0.25, 0.3) is 5.91 Å². The summed E-state index contributed by atoms with van der Waals surface area (Å²) in [6, 6.07) is 13.0. The molecule has 2 rings (SSSR count). The highest BCUT2D eigenvalue weighted by molar-refractivity contribution is 5.94. The Hall–Kier alpha value is -3.28. The van der Waals surface area contributed by atoms with Crippen LogP contribution < -0.4 is 14.8 Å². The average Bonchev–Trinajstić information content (AvgIpc) is 2.77. The number of carbonyl (C=O) groups excluding carboxylic acids is 2. The molecule has 30 heavy (non-hydrogen) atoms. The van der Waals surface area contributed by atoms with Gasteiger partial charge in [0.05, 0.1) is 13.7 Å². The molecule has 2 aromatic rings. The SMILES string of the molecule is CCOc1ccc(/C=C/C(=O)OCC(=O)Nc2ccc([C@H](C)CC)cc2)cc1OC. The Labute approximate surface area is 177 Å². The summed E-state index contributed by atoms with van der Waals surface area (Å²) in [7, 11) is 1.55. The van der Waals surface area contributed by atoms with Gasteiger partial charge in [0.2, 0.25) is 0 Å². The van der Waals surface area contributed by atoms with Gasteiger partial charge in [-0.2, -0.15) is 0 Å². The monoisotopic (exact) mass is 411 g/mol. The van der Waals surface area contributed by atoms with E-state index in [2.05, 4.69) is 19.2 Å². The lowest BCUT2D eigenvalue weighted by Crippen LogP contribution is -2.20. The molecule has 6 heteroatoms. The number of hydrogen-bond acceptors (Lipinski definition) is 5. The largest absolute Gasteiger partial charge is 0.493 e. The van der Waals surface area contributed by atoms with Gasteiger partial charge < -0.3 is 19.5 Å². The summed E-state index contributed by atoms with van der Waals surface area (Å²) in [6.45, 7) is 6.35. The van der Waals surface area contributed by atoms with Crippen LogP contribution in [-0.4, -0.2) is 32.2 Å². The van der Waals surface area contributed by atoms with Crippen LogP contribution in [0.2, 0.25) is 0 Å². The second kappa shape index (κ2) is 11.7. The van der Waals surface area contributed by atoms with Crippen molar-refractivity contribution < 1.29 is 23.8 Å². The lowest BCUT2D eigenvalue weighted by atomic mass is 9.99. The van der Waals surface area contributed by atoms with Gasteiger partial charge in [0.1, 0.15) is 0 Å². The van der Waals surface area contributed by atoms with Crippen molar-refractivity contribution >= 4 is 23.6 Å². The topological polar surface area (TPSA) is 73.9 Å². The Bertz CT molecular complexity index is 874. The van der Waals surface area contributed by atoms with E-state index in [1.54, 1.807) is 31.4 Å². The molecule has 0 saturated heterocycles. The van der Waals surface area contributed by atoms with Gasteiger partial charge in [0.15, 0.2) is 18.1 Å². The fraction of sp³-hybridized carbons (Fsp3) is 0.333. The molecule has 2 aromatic carbocycles. The summed E-state index contributed by atoms with van der Waals surface area (Å²) >= 11 is 0. The summed E-state index contributed by atoms with van der Waals surface area (Å²) in [5.41, 5.74) is 2.64. The van der Waals surface area contributed by atoms with Crippen molar-refractivity contribution in [1.82, 2.24) is 0 Å². The van der Waals surface area contributed by atoms with Gasteiger partial charge >= 0.3 is 5.97 Å². The molecule has 0 bridgehead atoms. The first-order chi connectivity index (χ1) is 14.5. The van der Waals surface area contributed by atoms with E-state index in [0.717, 1.165) is 12.0 Å². The molecule has 0 saturated carbocycles. The second-order valence-corrected chi connectivity index (χ2v) is 6.76. The van der Waals surface area contributed by atoms with Crippen LogP contribution in [0, 0.1) is 0 Å². The Morgan fingerprint density at radius 2 is 1.80 bits per heavy atom. The van der Waals surface area contributed by atoms with E-state index in [9.17, 15) is 9.59 Å². The minimum Gasteiger partial charge on any atom is -0.493 e. The Balaban J connectivity index is 1.84. The van der Waals surface area contributed by atoms with Crippen LogP contribution in [-0.2, 0) is 14.3 Å². The molecule has 0 heterocycles. The van der Waals surface area contributed by atoms with Gasteiger partial charge in [-0.05, 0) is 60.7 Å². The molecule has 1 N–H and O–H groups in total. The molecule has 0 aliphatic heterocycles. The molecule has 0 spiro atoms. The van der Waals surface area contributed by atoms with Crippen molar-refractivity contribution in [3.8, 4) is 11.5 Å². The van der Waals surface area contributed by atoms with Gasteiger partial charge in [-0.25, -0.2) is 4.79 Å². The van der Waals surface area contributed by atoms with Crippen LogP contribution in [0.4, 0.5) is 5.69 Å². The fourth-order valence-corrected chi connectivity index (χ4v) is 2.74. The smallest absolute Gasteiger partial charge is 0.331 e. The minimum absolute atomic E-state index is 0.358. The maximum absolute atomic E-state index is 12.0.